The van der Waals surface area contributed by atoms with E-state index in [0.29, 0.717) is 0 Å². The molecule has 56 valence electrons. The first kappa shape index (κ1) is 8.92. The Bertz CT molecular complexity index is 63.9. The van der Waals surface area contributed by atoms with Crippen LogP contribution in [0.1, 0.15) is 33.1 Å². The average Bonchev–Trinajstić information content (AvgIpc) is 1.82. The fourth-order valence-corrected chi connectivity index (χ4v) is 0.681. The number of aliphatic hydroxyl groups is 1. The standard InChI is InChI=1S/C7H17NO/c1-3-4-5-7(8)6(2)9/h6-7,9H,3-5,8H2,1-2H3/t6-,7+/m1/s1. The second-order valence-electron chi connectivity index (χ2n) is 2.55. The molecule has 0 aliphatic heterocycles. The number of rotatable bonds is 4. The summed E-state index contributed by atoms with van der Waals surface area (Å²) >= 11 is 0. The zero-order chi connectivity index (χ0) is 7.28. The molecule has 3 N–H and O–H groups in total. The zero-order valence-electron chi connectivity index (χ0n) is 6.30. The van der Waals surface area contributed by atoms with Crippen LogP contribution >= 0.6 is 0 Å². The van der Waals surface area contributed by atoms with E-state index in [1.807, 2.05) is 0 Å². The van der Waals surface area contributed by atoms with E-state index in [-0.39, 0.29) is 12.1 Å². The molecule has 0 aliphatic carbocycles. The van der Waals surface area contributed by atoms with E-state index in [4.69, 9.17) is 10.8 Å². The molecule has 9 heavy (non-hydrogen) atoms. The van der Waals surface area contributed by atoms with Gasteiger partial charge in [0.2, 0.25) is 0 Å². The Kier molecular flexibility index (Phi) is 4.72. The Labute approximate surface area is 57.1 Å². The van der Waals surface area contributed by atoms with Gasteiger partial charge >= 0.3 is 0 Å². The van der Waals surface area contributed by atoms with Gasteiger partial charge in [-0.25, -0.2) is 0 Å². The minimum Gasteiger partial charge on any atom is -0.392 e. The van der Waals surface area contributed by atoms with Crippen LogP contribution in [0, 0.1) is 0 Å². The minimum atomic E-state index is -0.350. The van der Waals surface area contributed by atoms with Crippen molar-refractivity contribution in [3.8, 4) is 0 Å². The predicted octanol–water partition coefficient (Wildman–Crippen LogP) is 0.885. The topological polar surface area (TPSA) is 46.2 Å². The molecule has 0 rings (SSSR count). The van der Waals surface area contributed by atoms with Crippen LogP contribution in [0.25, 0.3) is 0 Å². The van der Waals surface area contributed by atoms with Crippen LogP contribution in [0.15, 0.2) is 0 Å². The van der Waals surface area contributed by atoms with E-state index in [9.17, 15) is 0 Å². The summed E-state index contributed by atoms with van der Waals surface area (Å²) in [6, 6.07) is -0.0232. The van der Waals surface area contributed by atoms with E-state index in [1.54, 1.807) is 6.92 Å². The van der Waals surface area contributed by atoms with Crippen molar-refractivity contribution in [2.45, 2.75) is 45.3 Å². The predicted molar refractivity (Wildman–Crippen MR) is 39.2 cm³/mol. The Hall–Kier alpha value is -0.0800. The van der Waals surface area contributed by atoms with Crippen LogP contribution in [0.3, 0.4) is 0 Å². The van der Waals surface area contributed by atoms with Gasteiger partial charge in [-0.05, 0) is 13.3 Å². The number of unbranched alkanes of at least 4 members (excludes halogenated alkanes) is 1. The molecule has 0 heterocycles. The molecular weight excluding hydrogens is 114 g/mol. The summed E-state index contributed by atoms with van der Waals surface area (Å²) in [4.78, 5) is 0. The molecule has 0 unspecified atom stereocenters. The highest BCUT2D eigenvalue weighted by molar-refractivity contribution is 4.66. The van der Waals surface area contributed by atoms with Crippen molar-refractivity contribution >= 4 is 0 Å². The van der Waals surface area contributed by atoms with Crippen LogP contribution in [0.4, 0.5) is 0 Å². The van der Waals surface area contributed by atoms with Crippen LogP contribution in [0.5, 0.6) is 0 Å². The molecule has 0 saturated heterocycles. The zero-order valence-corrected chi connectivity index (χ0v) is 6.30. The van der Waals surface area contributed by atoms with E-state index in [2.05, 4.69) is 6.92 Å². The molecule has 0 fully saturated rings. The van der Waals surface area contributed by atoms with Crippen LogP contribution < -0.4 is 5.73 Å². The maximum absolute atomic E-state index is 8.92. The normalized spacial score (nSPS) is 17.3. The molecule has 0 spiro atoms. The van der Waals surface area contributed by atoms with Crippen LogP contribution in [-0.4, -0.2) is 17.3 Å². The molecule has 0 bridgehead atoms. The molecule has 2 nitrogen and oxygen atoms in total. The smallest absolute Gasteiger partial charge is 0.0662 e. The van der Waals surface area contributed by atoms with E-state index in [0.717, 1.165) is 19.3 Å². The summed E-state index contributed by atoms with van der Waals surface area (Å²) in [5.41, 5.74) is 5.55. The Morgan fingerprint density at radius 3 is 2.44 bits per heavy atom. The van der Waals surface area contributed by atoms with Crippen molar-refractivity contribution < 1.29 is 5.11 Å². The lowest BCUT2D eigenvalue weighted by molar-refractivity contribution is 0.158. The van der Waals surface area contributed by atoms with Gasteiger partial charge in [-0.2, -0.15) is 0 Å². The third-order valence-corrected chi connectivity index (χ3v) is 1.51. The highest BCUT2D eigenvalue weighted by atomic mass is 16.3. The quantitative estimate of drug-likeness (QED) is 0.595. The highest BCUT2D eigenvalue weighted by Gasteiger charge is 2.06. The maximum Gasteiger partial charge on any atom is 0.0662 e. The molecular formula is C7H17NO. The van der Waals surface area contributed by atoms with Crippen molar-refractivity contribution in [1.82, 2.24) is 0 Å². The largest absolute Gasteiger partial charge is 0.392 e. The van der Waals surface area contributed by atoms with E-state index >= 15 is 0 Å². The van der Waals surface area contributed by atoms with Gasteiger partial charge in [0.05, 0.1) is 6.10 Å². The van der Waals surface area contributed by atoms with Crippen molar-refractivity contribution in [1.29, 1.82) is 0 Å². The third-order valence-electron chi connectivity index (χ3n) is 1.51. The fraction of sp³-hybridized carbons (Fsp3) is 1.00. The van der Waals surface area contributed by atoms with Crippen molar-refractivity contribution in [3.05, 3.63) is 0 Å². The monoisotopic (exact) mass is 131 g/mol. The molecule has 2 atom stereocenters. The average molecular weight is 131 g/mol. The number of hydrogen-bond acceptors (Lipinski definition) is 2. The van der Waals surface area contributed by atoms with Gasteiger partial charge in [0.25, 0.3) is 0 Å². The molecule has 0 radical (unpaired) electrons. The Morgan fingerprint density at radius 2 is 2.11 bits per heavy atom. The van der Waals surface area contributed by atoms with Gasteiger partial charge in [0, 0.05) is 6.04 Å². The maximum atomic E-state index is 8.92. The third kappa shape index (κ3) is 4.43. The second kappa shape index (κ2) is 4.77. The van der Waals surface area contributed by atoms with E-state index < -0.39 is 0 Å². The lowest BCUT2D eigenvalue weighted by Gasteiger charge is -2.12. The van der Waals surface area contributed by atoms with Gasteiger partial charge < -0.3 is 10.8 Å². The molecule has 0 saturated carbocycles. The SMILES string of the molecule is CCCC[C@H](N)[C@@H](C)O. The van der Waals surface area contributed by atoms with Crippen LogP contribution in [0.2, 0.25) is 0 Å². The molecule has 0 aromatic rings. The second-order valence-corrected chi connectivity index (χ2v) is 2.55. The first-order chi connectivity index (χ1) is 4.18. The van der Waals surface area contributed by atoms with Crippen LogP contribution in [-0.2, 0) is 0 Å². The first-order valence-electron chi connectivity index (χ1n) is 3.62. The van der Waals surface area contributed by atoms with Gasteiger partial charge in [0.1, 0.15) is 0 Å². The lowest BCUT2D eigenvalue weighted by atomic mass is 10.1. The summed E-state index contributed by atoms with van der Waals surface area (Å²) in [6.45, 7) is 3.86. The van der Waals surface area contributed by atoms with E-state index in [1.165, 1.54) is 0 Å². The molecule has 0 amide bonds. The summed E-state index contributed by atoms with van der Waals surface area (Å²) in [6.07, 6.45) is 2.86. The number of aliphatic hydroxyl groups excluding tert-OH is 1. The Balaban J connectivity index is 3.16. The summed E-state index contributed by atoms with van der Waals surface area (Å²) in [7, 11) is 0. The number of nitrogens with two attached hydrogens (primary N) is 1. The van der Waals surface area contributed by atoms with Gasteiger partial charge in [-0.3, -0.25) is 0 Å². The Morgan fingerprint density at radius 1 is 1.56 bits per heavy atom. The lowest BCUT2D eigenvalue weighted by Crippen LogP contribution is -2.31. The summed E-state index contributed by atoms with van der Waals surface area (Å²) in [5.74, 6) is 0. The van der Waals surface area contributed by atoms with Gasteiger partial charge in [-0.1, -0.05) is 19.8 Å². The molecule has 0 aromatic carbocycles. The van der Waals surface area contributed by atoms with Gasteiger partial charge in [-0.15, -0.1) is 0 Å². The summed E-state index contributed by atoms with van der Waals surface area (Å²) < 4.78 is 0. The van der Waals surface area contributed by atoms with Crippen molar-refractivity contribution in [3.63, 3.8) is 0 Å². The number of hydrogen-bond donors (Lipinski definition) is 2. The first-order valence-corrected chi connectivity index (χ1v) is 3.62. The fourth-order valence-electron chi connectivity index (χ4n) is 0.681. The molecule has 0 aliphatic rings. The highest BCUT2D eigenvalue weighted by Crippen LogP contribution is 2.00. The van der Waals surface area contributed by atoms with Gasteiger partial charge in [0.15, 0.2) is 0 Å². The van der Waals surface area contributed by atoms with Crippen molar-refractivity contribution in [2.24, 2.45) is 5.73 Å². The molecule has 2 heteroatoms. The summed E-state index contributed by atoms with van der Waals surface area (Å²) in [5, 5.41) is 8.92. The molecule has 0 aromatic heterocycles. The minimum absolute atomic E-state index is 0.0232. The van der Waals surface area contributed by atoms with Crippen molar-refractivity contribution in [2.75, 3.05) is 0 Å².